The molecular formula is C42H55ClFN7O7. The number of halogens is 2. The van der Waals surface area contributed by atoms with E-state index in [0.29, 0.717) is 72.2 Å². The molecule has 5 aliphatic rings. The number of hydrogen-bond acceptors (Lipinski definition) is 12. The monoisotopic (exact) mass is 823 g/mol. The second kappa shape index (κ2) is 15.5. The third-order valence-electron chi connectivity index (χ3n) is 12.4. The van der Waals surface area contributed by atoms with Crippen molar-refractivity contribution >= 4 is 40.3 Å². The highest BCUT2D eigenvalue weighted by molar-refractivity contribution is 6.32. The third-order valence-corrected chi connectivity index (χ3v) is 12.7. The second-order valence-electron chi connectivity index (χ2n) is 18.0. The maximum Gasteiger partial charge on any atom is 0.411 e. The summed E-state index contributed by atoms with van der Waals surface area (Å²) in [6, 6.07) is 3.21. The Hall–Kier alpha value is -4.05. The molecule has 7 heterocycles. The fourth-order valence-corrected chi connectivity index (χ4v) is 10.4. The first-order valence-electron chi connectivity index (χ1n) is 20.4. The van der Waals surface area contributed by atoms with Gasteiger partial charge in [-0.2, -0.15) is 9.97 Å². The average Bonchev–Trinajstić information content (AvgIpc) is 3.78. The topological polar surface area (TPSA) is 132 Å². The van der Waals surface area contributed by atoms with Gasteiger partial charge in [0.2, 0.25) is 5.91 Å². The minimum absolute atomic E-state index is 0.0128. The minimum atomic E-state index is -0.831. The summed E-state index contributed by atoms with van der Waals surface area (Å²) in [5.74, 6) is 0.0760. The molecule has 4 saturated heterocycles. The molecule has 1 aromatic carbocycles. The van der Waals surface area contributed by atoms with Crippen molar-refractivity contribution in [3.8, 4) is 23.0 Å². The number of pyridine rings is 1. The number of likely N-dealkylation sites (N-methyl/N-ethyl adjacent to an activating group) is 1. The van der Waals surface area contributed by atoms with Gasteiger partial charge in [0.05, 0.1) is 41.6 Å². The van der Waals surface area contributed by atoms with Gasteiger partial charge in [-0.25, -0.2) is 9.18 Å². The number of carbonyl (C=O) groups is 2. The number of hydrogen-bond donors (Lipinski definition) is 0. The number of rotatable bonds is 5. The van der Waals surface area contributed by atoms with E-state index in [1.807, 2.05) is 39.5 Å². The van der Waals surface area contributed by atoms with Gasteiger partial charge < -0.3 is 33.5 Å². The van der Waals surface area contributed by atoms with Crippen molar-refractivity contribution in [3.05, 3.63) is 34.7 Å². The number of benzene rings is 1. The Morgan fingerprint density at radius 1 is 1.14 bits per heavy atom. The number of piperazine rings is 1. The van der Waals surface area contributed by atoms with E-state index in [0.717, 1.165) is 32.4 Å². The molecule has 314 valence electrons. The van der Waals surface area contributed by atoms with Crippen LogP contribution in [0.2, 0.25) is 5.02 Å². The van der Waals surface area contributed by atoms with Crippen LogP contribution in [0.3, 0.4) is 0 Å². The van der Waals surface area contributed by atoms with Crippen molar-refractivity contribution in [1.82, 2.24) is 29.7 Å². The number of anilines is 1. The summed E-state index contributed by atoms with van der Waals surface area (Å²) in [5.41, 5.74) is -0.537. The Bertz CT molecular complexity index is 2090. The van der Waals surface area contributed by atoms with Crippen LogP contribution in [0, 0.1) is 5.82 Å². The van der Waals surface area contributed by atoms with Crippen molar-refractivity contribution in [1.29, 1.82) is 0 Å². The molecule has 0 saturated carbocycles. The lowest BCUT2D eigenvalue weighted by Gasteiger charge is -2.50. The number of fused-ring (bicyclic) bond motifs is 8. The van der Waals surface area contributed by atoms with Crippen molar-refractivity contribution < 1.29 is 37.7 Å². The zero-order valence-electron chi connectivity index (χ0n) is 34.6. The largest absolute Gasteiger partial charge is 0.467 e. The number of aromatic nitrogens is 3. The van der Waals surface area contributed by atoms with E-state index in [9.17, 15) is 9.59 Å². The Labute approximate surface area is 344 Å². The van der Waals surface area contributed by atoms with Crippen LogP contribution >= 0.6 is 11.6 Å². The lowest BCUT2D eigenvalue weighted by molar-refractivity contribution is -0.133. The van der Waals surface area contributed by atoms with Crippen molar-refractivity contribution in [2.75, 3.05) is 71.8 Å². The second-order valence-corrected chi connectivity index (χ2v) is 18.4. The van der Waals surface area contributed by atoms with Gasteiger partial charge in [0.25, 0.3) is 0 Å². The molecular weight excluding hydrogens is 769 g/mol. The Morgan fingerprint density at radius 2 is 1.95 bits per heavy atom. The fraction of sp³-hybridized carbons (Fsp3) is 0.643. The summed E-state index contributed by atoms with van der Waals surface area (Å²) in [7, 11) is 3.30. The normalized spacial score (nSPS) is 26.6. The summed E-state index contributed by atoms with van der Waals surface area (Å²) < 4.78 is 47.2. The zero-order chi connectivity index (χ0) is 41.1. The van der Waals surface area contributed by atoms with Gasteiger partial charge in [-0.1, -0.05) is 25.4 Å². The van der Waals surface area contributed by atoms with Crippen molar-refractivity contribution in [2.45, 2.75) is 108 Å². The lowest BCUT2D eigenvalue weighted by Crippen LogP contribution is -2.67. The van der Waals surface area contributed by atoms with Gasteiger partial charge in [0.1, 0.15) is 35.0 Å². The molecule has 4 atom stereocenters. The fourth-order valence-electron chi connectivity index (χ4n) is 10.0. The molecule has 5 aliphatic heterocycles. The third kappa shape index (κ3) is 7.52. The van der Waals surface area contributed by atoms with Gasteiger partial charge in [0.15, 0.2) is 12.6 Å². The van der Waals surface area contributed by atoms with E-state index in [-0.39, 0.29) is 66.5 Å². The minimum Gasteiger partial charge on any atom is -0.467 e. The maximum atomic E-state index is 17.5. The molecule has 58 heavy (non-hydrogen) atoms. The van der Waals surface area contributed by atoms with E-state index >= 15 is 4.39 Å². The van der Waals surface area contributed by atoms with Crippen LogP contribution in [0.1, 0.15) is 84.6 Å². The first-order valence-corrected chi connectivity index (χ1v) is 20.8. The molecule has 16 heteroatoms. The van der Waals surface area contributed by atoms with Crippen LogP contribution in [0.5, 0.6) is 11.8 Å². The SMILES string of the molecule is COCOc1cc(Cl)c(C(C)C)c(-c2ncc3c4nc(nc3c2F)OC[C@]23CCCN2C[C@@H](C3)OCCC(=O)N(C)CC23CCC(CN4C2)N3C(=O)OC(C)(C)C)c1. The molecule has 3 aromatic rings. The lowest BCUT2D eigenvalue weighted by atomic mass is 9.93. The predicted octanol–water partition coefficient (Wildman–Crippen LogP) is 6.41. The van der Waals surface area contributed by atoms with E-state index in [1.54, 1.807) is 30.3 Å². The number of methoxy groups -OCH3 is 1. The molecule has 7 bridgehead atoms. The molecule has 14 nitrogen and oxygen atoms in total. The average molecular weight is 824 g/mol. The summed E-state index contributed by atoms with van der Waals surface area (Å²) >= 11 is 6.83. The number of amides is 2. The quantitative estimate of drug-likeness (QED) is 0.264. The number of ether oxygens (including phenoxy) is 5. The van der Waals surface area contributed by atoms with Crippen LogP contribution in [0.4, 0.5) is 15.0 Å². The van der Waals surface area contributed by atoms with E-state index in [2.05, 4.69) is 9.80 Å². The summed E-state index contributed by atoms with van der Waals surface area (Å²) in [4.78, 5) is 50.4. The molecule has 2 aromatic heterocycles. The van der Waals surface area contributed by atoms with Crippen LogP contribution in [0.25, 0.3) is 22.2 Å². The summed E-state index contributed by atoms with van der Waals surface area (Å²) in [6.07, 6.45) is 5.33. The standard InChI is InChI=1S/C42H55ClFN7O7/c1-25(2)33-29(15-27(16-31(33)43)57-24-54-7)35-34(44)36-30(18-45-35)37-47-38(46-36)56-23-41-11-8-13-50(41)20-28(17-41)55-14-10-32(52)48(6)21-42-12-9-26(19-49(37)22-42)51(42)39(53)58-40(3,4)5/h15-16,18,25-26,28H,8-14,17,19-24H2,1-7H3/t26?,28-,41-,42?/m1/s1. The van der Waals surface area contributed by atoms with E-state index < -0.39 is 23.1 Å². The first-order chi connectivity index (χ1) is 27.6. The van der Waals surface area contributed by atoms with Gasteiger partial charge in [-0.05, 0) is 83.0 Å². The van der Waals surface area contributed by atoms with Crippen molar-refractivity contribution in [2.24, 2.45) is 0 Å². The molecule has 4 fully saturated rings. The van der Waals surface area contributed by atoms with Crippen molar-refractivity contribution in [3.63, 3.8) is 0 Å². The Balaban J connectivity index is 1.28. The Kier molecular flexibility index (Phi) is 10.9. The van der Waals surface area contributed by atoms with Crippen LogP contribution in [0.15, 0.2) is 18.3 Å². The molecule has 2 amide bonds. The van der Waals surface area contributed by atoms with E-state index in [4.69, 9.17) is 50.2 Å². The van der Waals surface area contributed by atoms with Crippen LogP contribution < -0.4 is 14.4 Å². The highest BCUT2D eigenvalue weighted by Crippen LogP contribution is 2.46. The zero-order valence-corrected chi connectivity index (χ0v) is 35.4. The molecule has 2 spiro atoms. The number of nitrogens with zero attached hydrogens (tertiary/aromatic N) is 7. The summed E-state index contributed by atoms with van der Waals surface area (Å²) in [6.45, 7) is 12.7. The molecule has 2 unspecified atom stereocenters. The highest BCUT2D eigenvalue weighted by atomic mass is 35.5. The first kappa shape index (κ1) is 40.7. The highest BCUT2D eigenvalue weighted by Gasteiger charge is 2.56. The molecule has 8 rings (SSSR count). The summed E-state index contributed by atoms with van der Waals surface area (Å²) in [5, 5.41) is 0.817. The van der Waals surface area contributed by atoms with Crippen LogP contribution in [-0.4, -0.2) is 137 Å². The van der Waals surface area contributed by atoms with Gasteiger partial charge in [0, 0.05) is 57.1 Å². The molecule has 0 radical (unpaired) electrons. The smallest absolute Gasteiger partial charge is 0.411 e. The maximum absolute atomic E-state index is 17.5. The Morgan fingerprint density at radius 3 is 2.71 bits per heavy atom. The van der Waals surface area contributed by atoms with E-state index in [1.165, 1.54) is 7.11 Å². The number of carbonyl (C=O) groups excluding carboxylic acids is 2. The van der Waals surface area contributed by atoms with Gasteiger partial charge in [-0.3, -0.25) is 19.6 Å². The molecule has 0 N–H and O–H groups in total. The predicted molar refractivity (Wildman–Crippen MR) is 216 cm³/mol. The van der Waals surface area contributed by atoms with Gasteiger partial charge >= 0.3 is 12.1 Å². The van der Waals surface area contributed by atoms with Gasteiger partial charge in [-0.15, -0.1) is 0 Å². The molecule has 0 aliphatic carbocycles. The van der Waals surface area contributed by atoms with Crippen LogP contribution in [-0.2, 0) is 19.0 Å².